The predicted molar refractivity (Wildman–Crippen MR) is 73.0 cm³/mol. The van der Waals surface area contributed by atoms with Crippen LogP contribution in [-0.4, -0.2) is 15.0 Å². The molecule has 3 aromatic heterocycles. The quantitative estimate of drug-likeness (QED) is 0.763. The molecule has 0 amide bonds. The number of aromatic nitrogens is 3. The van der Waals surface area contributed by atoms with E-state index in [2.05, 4.69) is 15.0 Å². The Labute approximate surface area is 108 Å². The highest BCUT2D eigenvalue weighted by Gasteiger charge is 2.14. The lowest BCUT2D eigenvalue weighted by atomic mass is 10.1. The third-order valence-electron chi connectivity index (χ3n) is 2.49. The van der Waals surface area contributed by atoms with Gasteiger partial charge in [-0.2, -0.15) is 0 Å². The third-order valence-corrected chi connectivity index (χ3v) is 3.40. The first kappa shape index (κ1) is 10.9. The molecule has 0 saturated carbocycles. The zero-order valence-electron chi connectivity index (χ0n) is 9.45. The van der Waals surface area contributed by atoms with E-state index in [1.54, 1.807) is 18.6 Å². The maximum absolute atomic E-state index is 5.82. The summed E-state index contributed by atoms with van der Waals surface area (Å²) in [4.78, 5) is 13.7. The van der Waals surface area contributed by atoms with Crippen LogP contribution in [-0.2, 0) is 0 Å². The van der Waals surface area contributed by atoms with Gasteiger partial charge >= 0.3 is 0 Å². The molecule has 3 heterocycles. The summed E-state index contributed by atoms with van der Waals surface area (Å²) in [5.74, 6) is 0. The fourth-order valence-corrected chi connectivity index (χ4v) is 2.54. The van der Waals surface area contributed by atoms with Crippen molar-refractivity contribution >= 4 is 16.5 Å². The third kappa shape index (κ3) is 1.96. The molecule has 18 heavy (non-hydrogen) atoms. The first-order valence-electron chi connectivity index (χ1n) is 5.43. The molecule has 2 N–H and O–H groups in total. The van der Waals surface area contributed by atoms with Gasteiger partial charge in [-0.3, -0.25) is 9.97 Å². The van der Waals surface area contributed by atoms with Crippen molar-refractivity contribution in [2.24, 2.45) is 0 Å². The van der Waals surface area contributed by atoms with E-state index in [4.69, 9.17) is 5.73 Å². The van der Waals surface area contributed by atoms with E-state index in [0.717, 1.165) is 21.8 Å². The van der Waals surface area contributed by atoms with Crippen LogP contribution in [0.4, 0.5) is 5.13 Å². The summed E-state index contributed by atoms with van der Waals surface area (Å²) in [5, 5.41) is 0.544. The molecule has 3 rings (SSSR count). The number of anilines is 1. The number of hydrogen-bond donors (Lipinski definition) is 1. The summed E-state index contributed by atoms with van der Waals surface area (Å²) < 4.78 is 0. The summed E-state index contributed by atoms with van der Waals surface area (Å²) in [6, 6.07) is 9.63. The molecular formula is C13H10N4S. The van der Waals surface area contributed by atoms with Crippen molar-refractivity contribution in [1.82, 2.24) is 15.0 Å². The molecule has 0 atom stereocenters. The molecule has 0 radical (unpaired) electrons. The van der Waals surface area contributed by atoms with E-state index in [1.807, 2.05) is 30.3 Å². The Hall–Kier alpha value is -2.27. The van der Waals surface area contributed by atoms with Gasteiger partial charge in [0.2, 0.25) is 0 Å². The lowest BCUT2D eigenvalue weighted by Crippen LogP contribution is -1.85. The van der Waals surface area contributed by atoms with E-state index >= 15 is 0 Å². The molecule has 88 valence electrons. The molecule has 0 aliphatic heterocycles. The van der Waals surface area contributed by atoms with Crippen LogP contribution in [0.15, 0.2) is 48.9 Å². The lowest BCUT2D eigenvalue weighted by Gasteiger charge is -2.00. The lowest BCUT2D eigenvalue weighted by molar-refractivity contribution is 1.30. The minimum absolute atomic E-state index is 0.544. The number of pyridine rings is 2. The van der Waals surface area contributed by atoms with Crippen molar-refractivity contribution in [3.8, 4) is 21.8 Å². The van der Waals surface area contributed by atoms with Gasteiger partial charge in [-0.05, 0) is 24.3 Å². The summed E-state index contributed by atoms with van der Waals surface area (Å²) in [5.41, 5.74) is 8.56. The predicted octanol–water partition coefficient (Wildman–Crippen LogP) is 2.85. The minimum Gasteiger partial charge on any atom is -0.375 e. The van der Waals surface area contributed by atoms with Gasteiger partial charge in [-0.15, -0.1) is 0 Å². The summed E-state index contributed by atoms with van der Waals surface area (Å²) in [7, 11) is 0. The van der Waals surface area contributed by atoms with Crippen LogP contribution >= 0.6 is 11.3 Å². The normalized spacial score (nSPS) is 10.4. The van der Waals surface area contributed by atoms with Gasteiger partial charge in [0.05, 0.1) is 16.3 Å². The number of hydrogen-bond acceptors (Lipinski definition) is 5. The maximum atomic E-state index is 5.82. The van der Waals surface area contributed by atoms with Crippen molar-refractivity contribution < 1.29 is 0 Å². The van der Waals surface area contributed by atoms with Crippen LogP contribution in [0.3, 0.4) is 0 Å². The van der Waals surface area contributed by atoms with Gasteiger partial charge in [-0.1, -0.05) is 17.4 Å². The highest BCUT2D eigenvalue weighted by Crippen LogP contribution is 2.36. The van der Waals surface area contributed by atoms with Gasteiger partial charge in [0.1, 0.15) is 0 Å². The summed E-state index contributed by atoms with van der Waals surface area (Å²) in [6.45, 7) is 0. The van der Waals surface area contributed by atoms with Gasteiger partial charge in [0.15, 0.2) is 5.13 Å². The van der Waals surface area contributed by atoms with Crippen LogP contribution in [0.2, 0.25) is 0 Å². The van der Waals surface area contributed by atoms with Crippen LogP contribution in [0.1, 0.15) is 0 Å². The van der Waals surface area contributed by atoms with Gasteiger partial charge in [0.25, 0.3) is 0 Å². The van der Waals surface area contributed by atoms with Gasteiger partial charge in [0, 0.05) is 24.2 Å². The first-order chi connectivity index (χ1) is 8.84. The smallest absolute Gasteiger partial charge is 0.181 e. The Balaban J connectivity index is 2.17. The summed E-state index contributed by atoms with van der Waals surface area (Å²) in [6.07, 6.45) is 5.25. The Morgan fingerprint density at radius 2 is 1.83 bits per heavy atom. The second-order valence-electron chi connectivity index (χ2n) is 3.68. The second kappa shape index (κ2) is 4.54. The van der Waals surface area contributed by atoms with Gasteiger partial charge in [-0.25, -0.2) is 4.98 Å². The zero-order valence-corrected chi connectivity index (χ0v) is 10.3. The molecule has 0 bridgehead atoms. The molecular weight excluding hydrogens is 244 g/mol. The largest absolute Gasteiger partial charge is 0.375 e. The van der Waals surface area contributed by atoms with Crippen LogP contribution in [0.25, 0.3) is 21.8 Å². The number of nitrogens with zero attached hydrogens (tertiary/aromatic N) is 3. The van der Waals surface area contributed by atoms with Crippen molar-refractivity contribution in [2.45, 2.75) is 0 Å². The average molecular weight is 254 g/mol. The number of thiazole rings is 1. The fraction of sp³-hybridized carbons (Fsp3) is 0. The molecule has 3 aromatic rings. The van der Waals surface area contributed by atoms with E-state index < -0.39 is 0 Å². The average Bonchev–Trinajstić information content (AvgIpc) is 2.83. The zero-order chi connectivity index (χ0) is 12.4. The molecule has 0 fully saturated rings. The monoisotopic (exact) mass is 254 g/mol. The Bertz CT molecular complexity index is 592. The topological polar surface area (TPSA) is 64.7 Å². The van der Waals surface area contributed by atoms with Crippen molar-refractivity contribution in [2.75, 3.05) is 5.73 Å². The minimum atomic E-state index is 0.544. The molecule has 0 unspecified atom stereocenters. The Kier molecular flexibility index (Phi) is 2.74. The SMILES string of the molecule is Nc1nc(-c2ccncc2)c(-c2ccccn2)s1. The van der Waals surface area contributed by atoms with Crippen LogP contribution in [0.5, 0.6) is 0 Å². The molecule has 0 saturated heterocycles. The first-order valence-corrected chi connectivity index (χ1v) is 6.24. The standard InChI is InChI=1S/C13H10N4S/c14-13-17-11(9-4-7-15-8-5-9)12(18-13)10-3-1-2-6-16-10/h1-8H,(H2,14,17). The van der Waals surface area contributed by atoms with Crippen molar-refractivity contribution in [3.05, 3.63) is 48.9 Å². The second-order valence-corrected chi connectivity index (χ2v) is 4.71. The number of nitrogen functional groups attached to an aromatic ring is 1. The maximum Gasteiger partial charge on any atom is 0.181 e. The Morgan fingerprint density at radius 3 is 2.56 bits per heavy atom. The fourth-order valence-electron chi connectivity index (χ4n) is 1.71. The Morgan fingerprint density at radius 1 is 1.00 bits per heavy atom. The molecule has 0 spiro atoms. The van der Waals surface area contributed by atoms with Crippen LogP contribution in [0, 0.1) is 0 Å². The van der Waals surface area contributed by atoms with Gasteiger partial charge < -0.3 is 5.73 Å². The van der Waals surface area contributed by atoms with E-state index in [1.165, 1.54) is 11.3 Å². The van der Waals surface area contributed by atoms with E-state index in [-0.39, 0.29) is 0 Å². The molecule has 0 aliphatic carbocycles. The van der Waals surface area contributed by atoms with Crippen LogP contribution < -0.4 is 5.73 Å². The van der Waals surface area contributed by atoms with Crippen molar-refractivity contribution in [3.63, 3.8) is 0 Å². The summed E-state index contributed by atoms with van der Waals surface area (Å²) >= 11 is 1.45. The molecule has 0 aliphatic rings. The van der Waals surface area contributed by atoms with E-state index in [9.17, 15) is 0 Å². The molecule has 5 heteroatoms. The van der Waals surface area contributed by atoms with Crippen molar-refractivity contribution in [1.29, 1.82) is 0 Å². The molecule has 4 nitrogen and oxygen atoms in total. The highest BCUT2D eigenvalue weighted by molar-refractivity contribution is 7.19. The molecule has 0 aromatic carbocycles. The van der Waals surface area contributed by atoms with E-state index in [0.29, 0.717) is 5.13 Å². The highest BCUT2D eigenvalue weighted by atomic mass is 32.1. The number of rotatable bonds is 2. The number of nitrogens with two attached hydrogens (primary N) is 1.